The lowest BCUT2D eigenvalue weighted by Crippen LogP contribution is -2.20. The molecule has 1 atom stereocenters. The van der Waals surface area contributed by atoms with Crippen molar-refractivity contribution in [1.29, 1.82) is 0 Å². The third kappa shape index (κ3) is 1.94. The summed E-state index contributed by atoms with van der Waals surface area (Å²) < 4.78 is 4.94. The van der Waals surface area contributed by atoms with E-state index in [2.05, 4.69) is 0 Å². The number of carbonyl (C=O) groups is 1. The third-order valence-electron chi connectivity index (χ3n) is 1.88. The van der Waals surface area contributed by atoms with Crippen molar-refractivity contribution in [2.45, 2.75) is 6.04 Å². The molecular weight excluding hydrogens is 184 g/mol. The van der Waals surface area contributed by atoms with Gasteiger partial charge in [0.05, 0.1) is 12.8 Å². The van der Waals surface area contributed by atoms with E-state index >= 15 is 0 Å². The van der Waals surface area contributed by atoms with E-state index in [0.717, 1.165) is 0 Å². The number of nitrogen functional groups attached to an aromatic ring is 1. The Labute approximate surface area is 81.3 Å². The quantitative estimate of drug-likeness (QED) is 0.606. The van der Waals surface area contributed by atoms with E-state index in [1.54, 1.807) is 12.1 Å². The van der Waals surface area contributed by atoms with Crippen molar-refractivity contribution in [3.8, 4) is 5.75 Å². The minimum absolute atomic E-state index is 0.430. The van der Waals surface area contributed by atoms with Gasteiger partial charge in [-0.15, -0.1) is 0 Å². The van der Waals surface area contributed by atoms with Crippen LogP contribution in [0.5, 0.6) is 5.75 Å². The van der Waals surface area contributed by atoms with Crippen LogP contribution in [-0.2, 0) is 4.79 Å². The summed E-state index contributed by atoms with van der Waals surface area (Å²) in [5.74, 6) is -0.656. The molecular formula is C9H12N2O3. The normalized spacial score (nSPS) is 12.1. The first-order chi connectivity index (χ1) is 6.56. The van der Waals surface area contributed by atoms with Gasteiger partial charge in [0.2, 0.25) is 0 Å². The van der Waals surface area contributed by atoms with Gasteiger partial charge in [0.1, 0.15) is 11.8 Å². The summed E-state index contributed by atoms with van der Waals surface area (Å²) in [6.45, 7) is 0. The second-order valence-corrected chi connectivity index (χ2v) is 2.82. The molecule has 5 heteroatoms. The van der Waals surface area contributed by atoms with Gasteiger partial charge in [-0.05, 0) is 17.7 Å². The maximum absolute atomic E-state index is 10.6. The molecule has 0 aliphatic carbocycles. The summed E-state index contributed by atoms with van der Waals surface area (Å²) in [6, 6.07) is 3.60. The van der Waals surface area contributed by atoms with Crippen molar-refractivity contribution in [2.24, 2.45) is 5.73 Å². The van der Waals surface area contributed by atoms with Gasteiger partial charge in [-0.2, -0.15) is 0 Å². The second-order valence-electron chi connectivity index (χ2n) is 2.82. The Morgan fingerprint density at radius 2 is 2.21 bits per heavy atom. The number of carboxylic acids is 1. The zero-order chi connectivity index (χ0) is 10.7. The SMILES string of the molecule is COc1cc(C(N)C(=O)O)ccc1N. The molecule has 0 saturated carbocycles. The lowest BCUT2D eigenvalue weighted by molar-refractivity contribution is -0.138. The third-order valence-corrected chi connectivity index (χ3v) is 1.88. The largest absolute Gasteiger partial charge is 0.495 e. The van der Waals surface area contributed by atoms with E-state index in [0.29, 0.717) is 17.0 Å². The summed E-state index contributed by atoms with van der Waals surface area (Å²) in [7, 11) is 1.46. The molecule has 14 heavy (non-hydrogen) atoms. The standard InChI is InChI=1S/C9H12N2O3/c1-14-7-4-5(2-3-6(7)10)8(11)9(12)13/h2-4,8H,10-11H2,1H3,(H,12,13). The van der Waals surface area contributed by atoms with Crippen LogP contribution in [0.1, 0.15) is 11.6 Å². The Morgan fingerprint density at radius 3 is 2.71 bits per heavy atom. The number of aliphatic carboxylic acids is 1. The maximum atomic E-state index is 10.6. The minimum atomic E-state index is -1.09. The molecule has 0 amide bonds. The summed E-state index contributed by atoms with van der Waals surface area (Å²) >= 11 is 0. The van der Waals surface area contributed by atoms with Gasteiger partial charge < -0.3 is 21.3 Å². The molecule has 1 aromatic carbocycles. The van der Waals surface area contributed by atoms with E-state index in [9.17, 15) is 4.79 Å². The molecule has 5 N–H and O–H groups in total. The van der Waals surface area contributed by atoms with Crippen LogP contribution in [0, 0.1) is 0 Å². The molecule has 0 saturated heterocycles. The van der Waals surface area contributed by atoms with Gasteiger partial charge in [-0.3, -0.25) is 4.79 Å². The van der Waals surface area contributed by atoms with Crippen molar-refractivity contribution in [2.75, 3.05) is 12.8 Å². The topological polar surface area (TPSA) is 98.6 Å². The van der Waals surface area contributed by atoms with Crippen LogP contribution >= 0.6 is 0 Å². The van der Waals surface area contributed by atoms with Crippen LogP contribution in [0.2, 0.25) is 0 Å². The molecule has 0 radical (unpaired) electrons. The van der Waals surface area contributed by atoms with Gasteiger partial charge in [0.25, 0.3) is 0 Å². The van der Waals surface area contributed by atoms with Gasteiger partial charge in [-0.1, -0.05) is 6.07 Å². The number of methoxy groups -OCH3 is 1. The van der Waals surface area contributed by atoms with Crippen LogP contribution < -0.4 is 16.2 Å². The van der Waals surface area contributed by atoms with Gasteiger partial charge in [-0.25, -0.2) is 0 Å². The highest BCUT2D eigenvalue weighted by molar-refractivity contribution is 5.76. The van der Waals surface area contributed by atoms with Crippen molar-refractivity contribution in [1.82, 2.24) is 0 Å². The van der Waals surface area contributed by atoms with Crippen LogP contribution in [0.25, 0.3) is 0 Å². The molecule has 0 aliphatic rings. The highest BCUT2D eigenvalue weighted by Gasteiger charge is 2.15. The highest BCUT2D eigenvalue weighted by Crippen LogP contribution is 2.24. The van der Waals surface area contributed by atoms with E-state index in [1.807, 2.05) is 0 Å². The zero-order valence-electron chi connectivity index (χ0n) is 7.73. The summed E-state index contributed by atoms with van der Waals surface area (Å²) in [5.41, 5.74) is 11.9. The van der Waals surface area contributed by atoms with Gasteiger partial charge in [0.15, 0.2) is 0 Å². The Kier molecular flexibility index (Phi) is 2.93. The number of hydrogen-bond donors (Lipinski definition) is 3. The molecule has 1 unspecified atom stereocenters. The summed E-state index contributed by atoms with van der Waals surface area (Å²) in [6.07, 6.45) is 0. The number of ether oxygens (including phenoxy) is 1. The summed E-state index contributed by atoms with van der Waals surface area (Å²) in [4.78, 5) is 10.6. The van der Waals surface area contributed by atoms with Crippen molar-refractivity contribution < 1.29 is 14.6 Å². The molecule has 1 aromatic rings. The molecule has 0 fully saturated rings. The number of benzene rings is 1. The monoisotopic (exact) mass is 196 g/mol. The summed E-state index contributed by atoms with van der Waals surface area (Å²) in [5, 5.41) is 8.67. The molecule has 76 valence electrons. The van der Waals surface area contributed by atoms with E-state index in [4.69, 9.17) is 21.3 Å². The fourth-order valence-corrected chi connectivity index (χ4v) is 1.06. The number of carboxylic acid groups (broad SMARTS) is 1. The van der Waals surface area contributed by atoms with Crippen molar-refractivity contribution in [3.63, 3.8) is 0 Å². The van der Waals surface area contributed by atoms with Crippen molar-refractivity contribution >= 4 is 11.7 Å². The number of rotatable bonds is 3. The number of hydrogen-bond acceptors (Lipinski definition) is 4. The average Bonchev–Trinajstić information content (AvgIpc) is 2.17. The Morgan fingerprint density at radius 1 is 1.57 bits per heavy atom. The molecule has 0 aromatic heterocycles. The fraction of sp³-hybridized carbons (Fsp3) is 0.222. The van der Waals surface area contributed by atoms with E-state index in [1.165, 1.54) is 13.2 Å². The predicted molar refractivity (Wildman–Crippen MR) is 52.0 cm³/mol. The molecule has 0 spiro atoms. The first-order valence-electron chi connectivity index (χ1n) is 3.98. The molecule has 0 bridgehead atoms. The van der Waals surface area contributed by atoms with E-state index < -0.39 is 12.0 Å². The number of anilines is 1. The average molecular weight is 196 g/mol. The highest BCUT2D eigenvalue weighted by atomic mass is 16.5. The smallest absolute Gasteiger partial charge is 0.325 e. The minimum Gasteiger partial charge on any atom is -0.495 e. The van der Waals surface area contributed by atoms with Crippen LogP contribution in [0.15, 0.2) is 18.2 Å². The maximum Gasteiger partial charge on any atom is 0.325 e. The Hall–Kier alpha value is -1.75. The van der Waals surface area contributed by atoms with Crippen LogP contribution in [0.3, 0.4) is 0 Å². The molecule has 0 heterocycles. The molecule has 5 nitrogen and oxygen atoms in total. The van der Waals surface area contributed by atoms with Gasteiger partial charge >= 0.3 is 5.97 Å². The fourth-order valence-electron chi connectivity index (χ4n) is 1.06. The molecule has 1 rings (SSSR count). The Bertz CT molecular complexity index is 352. The lowest BCUT2D eigenvalue weighted by Gasteiger charge is -2.10. The lowest BCUT2D eigenvalue weighted by atomic mass is 10.1. The first kappa shape index (κ1) is 10.3. The first-order valence-corrected chi connectivity index (χ1v) is 3.98. The van der Waals surface area contributed by atoms with Crippen LogP contribution in [-0.4, -0.2) is 18.2 Å². The molecule has 0 aliphatic heterocycles. The zero-order valence-corrected chi connectivity index (χ0v) is 7.73. The Balaban J connectivity index is 3.06. The van der Waals surface area contributed by atoms with Gasteiger partial charge in [0, 0.05) is 0 Å². The second kappa shape index (κ2) is 3.97. The van der Waals surface area contributed by atoms with Crippen LogP contribution in [0.4, 0.5) is 5.69 Å². The number of nitrogens with two attached hydrogens (primary N) is 2. The van der Waals surface area contributed by atoms with Crippen molar-refractivity contribution in [3.05, 3.63) is 23.8 Å². The van der Waals surface area contributed by atoms with E-state index in [-0.39, 0.29) is 0 Å². The predicted octanol–water partition coefficient (Wildman–Crippen LogP) is 0.362.